The maximum absolute atomic E-state index is 13.0. The van der Waals surface area contributed by atoms with Gasteiger partial charge in [-0.15, -0.1) is 0 Å². The first-order chi connectivity index (χ1) is 15.0. The molecule has 0 atom stereocenters. The van der Waals surface area contributed by atoms with Crippen molar-refractivity contribution in [1.82, 2.24) is 19.9 Å². The number of hydrogen-bond acceptors (Lipinski definition) is 7. The number of hydrogen-bond donors (Lipinski definition) is 2. The first-order valence-corrected chi connectivity index (χ1v) is 9.96. The molecule has 3 heterocycles. The second kappa shape index (κ2) is 8.68. The standard InChI is InChI=1S/C21H25N5O5/c1-13-8-18(24-31-13)23-19(27)12-25-4-6-26(7-5-25)21(28)16-10-14-9-15(29-2)11-17(30-3)20(14)22-16/h8-11,22H,4-7,12H2,1-3H3,(H,23,24,27). The van der Waals surface area contributed by atoms with Crippen LogP contribution in [0, 0.1) is 6.92 Å². The summed E-state index contributed by atoms with van der Waals surface area (Å²) in [5.41, 5.74) is 1.25. The monoisotopic (exact) mass is 427 g/mol. The molecule has 2 N–H and O–H groups in total. The predicted molar refractivity (Wildman–Crippen MR) is 114 cm³/mol. The number of nitrogens with zero attached hydrogens (tertiary/aromatic N) is 3. The molecular formula is C21H25N5O5. The molecule has 2 amide bonds. The highest BCUT2D eigenvalue weighted by molar-refractivity contribution is 6.00. The van der Waals surface area contributed by atoms with E-state index >= 15 is 0 Å². The molecule has 10 nitrogen and oxygen atoms in total. The Kier molecular flexibility index (Phi) is 5.81. The Bertz CT molecular complexity index is 1100. The Hall–Kier alpha value is -3.53. The van der Waals surface area contributed by atoms with Crippen LogP contribution < -0.4 is 14.8 Å². The van der Waals surface area contributed by atoms with Gasteiger partial charge in [0.25, 0.3) is 5.91 Å². The molecule has 0 bridgehead atoms. The van der Waals surface area contributed by atoms with E-state index in [2.05, 4.69) is 15.5 Å². The summed E-state index contributed by atoms with van der Waals surface area (Å²) < 4.78 is 15.7. The maximum Gasteiger partial charge on any atom is 0.270 e. The lowest BCUT2D eigenvalue weighted by Gasteiger charge is -2.34. The van der Waals surface area contributed by atoms with Gasteiger partial charge in [-0.25, -0.2) is 0 Å². The third kappa shape index (κ3) is 4.48. The molecule has 0 aliphatic carbocycles. The zero-order valence-electron chi connectivity index (χ0n) is 17.7. The minimum Gasteiger partial charge on any atom is -0.497 e. The van der Waals surface area contributed by atoms with Gasteiger partial charge in [-0.05, 0) is 19.1 Å². The molecule has 1 aromatic carbocycles. The molecule has 0 spiro atoms. The first-order valence-electron chi connectivity index (χ1n) is 9.96. The quantitative estimate of drug-likeness (QED) is 0.618. The highest BCUT2D eigenvalue weighted by Crippen LogP contribution is 2.31. The van der Waals surface area contributed by atoms with Crippen LogP contribution >= 0.6 is 0 Å². The number of carbonyl (C=O) groups is 2. The average Bonchev–Trinajstić information content (AvgIpc) is 3.38. The Labute approximate surface area is 179 Å². The molecule has 10 heteroatoms. The van der Waals surface area contributed by atoms with E-state index in [4.69, 9.17) is 14.0 Å². The van der Waals surface area contributed by atoms with Crippen LogP contribution in [-0.4, -0.2) is 78.7 Å². The second-order valence-electron chi connectivity index (χ2n) is 7.42. The summed E-state index contributed by atoms with van der Waals surface area (Å²) in [7, 11) is 3.17. The Morgan fingerprint density at radius 2 is 1.90 bits per heavy atom. The van der Waals surface area contributed by atoms with Crippen LogP contribution in [0.3, 0.4) is 0 Å². The largest absolute Gasteiger partial charge is 0.497 e. The predicted octanol–water partition coefficient (Wildman–Crippen LogP) is 1.88. The molecule has 0 radical (unpaired) electrons. The number of nitrogens with one attached hydrogen (secondary N) is 2. The molecule has 0 unspecified atom stereocenters. The number of piperazine rings is 1. The summed E-state index contributed by atoms with van der Waals surface area (Å²) in [5, 5.41) is 7.32. The number of aromatic nitrogens is 2. The minimum atomic E-state index is -0.162. The summed E-state index contributed by atoms with van der Waals surface area (Å²) in [4.78, 5) is 32.2. The third-order valence-electron chi connectivity index (χ3n) is 5.27. The van der Waals surface area contributed by atoms with Crippen LogP contribution in [0.2, 0.25) is 0 Å². The number of carbonyl (C=O) groups excluding carboxylic acids is 2. The van der Waals surface area contributed by atoms with Gasteiger partial charge in [0.2, 0.25) is 5.91 Å². The lowest BCUT2D eigenvalue weighted by atomic mass is 10.2. The van der Waals surface area contributed by atoms with Crippen molar-refractivity contribution >= 4 is 28.5 Å². The van der Waals surface area contributed by atoms with Crippen LogP contribution in [0.1, 0.15) is 16.2 Å². The number of aromatic amines is 1. The number of fused-ring (bicyclic) bond motifs is 1. The summed E-state index contributed by atoms with van der Waals surface area (Å²) in [6.07, 6.45) is 0. The maximum atomic E-state index is 13.0. The van der Waals surface area contributed by atoms with Crippen LogP contribution in [0.25, 0.3) is 10.9 Å². The fourth-order valence-electron chi connectivity index (χ4n) is 3.67. The van der Waals surface area contributed by atoms with Gasteiger partial charge in [0.1, 0.15) is 23.0 Å². The van der Waals surface area contributed by atoms with Gasteiger partial charge < -0.3 is 29.2 Å². The minimum absolute atomic E-state index is 0.0839. The van der Waals surface area contributed by atoms with Crippen molar-refractivity contribution in [3.05, 3.63) is 35.7 Å². The topological polar surface area (TPSA) is 113 Å². The molecule has 164 valence electrons. The number of anilines is 1. The number of aryl methyl sites for hydroxylation is 1. The third-order valence-corrected chi connectivity index (χ3v) is 5.27. The number of H-pyrrole nitrogens is 1. The molecule has 1 fully saturated rings. The van der Waals surface area contributed by atoms with E-state index in [1.807, 2.05) is 17.0 Å². The molecular weight excluding hydrogens is 402 g/mol. The van der Waals surface area contributed by atoms with E-state index in [0.29, 0.717) is 55.0 Å². The molecule has 1 saturated heterocycles. The van der Waals surface area contributed by atoms with Gasteiger partial charge in [-0.1, -0.05) is 5.16 Å². The summed E-state index contributed by atoms with van der Waals surface area (Å²) >= 11 is 0. The van der Waals surface area contributed by atoms with E-state index in [1.165, 1.54) is 0 Å². The van der Waals surface area contributed by atoms with Crippen LogP contribution in [0.4, 0.5) is 5.82 Å². The number of benzene rings is 1. The zero-order chi connectivity index (χ0) is 22.0. The van der Waals surface area contributed by atoms with Gasteiger partial charge in [0, 0.05) is 43.7 Å². The fourth-order valence-corrected chi connectivity index (χ4v) is 3.67. The molecule has 4 rings (SSSR count). The van der Waals surface area contributed by atoms with Crippen LogP contribution in [-0.2, 0) is 4.79 Å². The van der Waals surface area contributed by atoms with Gasteiger partial charge >= 0.3 is 0 Å². The lowest BCUT2D eigenvalue weighted by Crippen LogP contribution is -2.50. The molecule has 0 saturated carbocycles. The lowest BCUT2D eigenvalue weighted by molar-refractivity contribution is -0.117. The van der Waals surface area contributed by atoms with E-state index in [9.17, 15) is 9.59 Å². The van der Waals surface area contributed by atoms with E-state index in [-0.39, 0.29) is 18.4 Å². The van der Waals surface area contributed by atoms with Crippen molar-refractivity contribution in [3.63, 3.8) is 0 Å². The van der Waals surface area contributed by atoms with E-state index in [1.54, 1.807) is 38.2 Å². The summed E-state index contributed by atoms with van der Waals surface area (Å²) in [6, 6.07) is 7.11. The highest BCUT2D eigenvalue weighted by Gasteiger charge is 2.25. The van der Waals surface area contributed by atoms with E-state index in [0.717, 1.165) is 10.9 Å². The van der Waals surface area contributed by atoms with Gasteiger partial charge in [0.05, 0.1) is 26.3 Å². The van der Waals surface area contributed by atoms with Crippen molar-refractivity contribution in [2.45, 2.75) is 6.92 Å². The second-order valence-corrected chi connectivity index (χ2v) is 7.42. The van der Waals surface area contributed by atoms with Crippen molar-refractivity contribution in [3.8, 4) is 11.5 Å². The Balaban J connectivity index is 1.36. The number of ether oxygens (including phenoxy) is 2. The Morgan fingerprint density at radius 1 is 1.13 bits per heavy atom. The first kappa shape index (κ1) is 20.7. The van der Waals surface area contributed by atoms with Crippen LogP contribution in [0.15, 0.2) is 28.8 Å². The SMILES string of the molecule is COc1cc(OC)c2[nH]c(C(=O)N3CCN(CC(=O)Nc4cc(C)on4)CC3)cc2c1. The van der Waals surface area contributed by atoms with Gasteiger partial charge in [-0.2, -0.15) is 0 Å². The molecule has 1 aliphatic heterocycles. The molecule has 31 heavy (non-hydrogen) atoms. The molecule has 3 aromatic rings. The number of methoxy groups -OCH3 is 2. The van der Waals surface area contributed by atoms with Crippen molar-refractivity contribution in [2.24, 2.45) is 0 Å². The zero-order valence-corrected chi connectivity index (χ0v) is 17.7. The normalized spacial score (nSPS) is 14.6. The Morgan fingerprint density at radius 3 is 2.55 bits per heavy atom. The number of amides is 2. The van der Waals surface area contributed by atoms with Crippen molar-refractivity contribution < 1.29 is 23.6 Å². The van der Waals surface area contributed by atoms with E-state index < -0.39 is 0 Å². The molecule has 2 aromatic heterocycles. The van der Waals surface area contributed by atoms with Crippen LogP contribution in [0.5, 0.6) is 11.5 Å². The highest BCUT2D eigenvalue weighted by atomic mass is 16.5. The summed E-state index contributed by atoms with van der Waals surface area (Å²) in [6.45, 7) is 4.27. The van der Waals surface area contributed by atoms with Crippen molar-refractivity contribution in [2.75, 3.05) is 52.3 Å². The number of rotatable bonds is 6. The average molecular weight is 427 g/mol. The smallest absolute Gasteiger partial charge is 0.270 e. The molecule has 1 aliphatic rings. The van der Waals surface area contributed by atoms with Gasteiger partial charge in [-0.3, -0.25) is 14.5 Å². The van der Waals surface area contributed by atoms with Crippen molar-refractivity contribution in [1.29, 1.82) is 0 Å². The fraction of sp³-hybridized carbons (Fsp3) is 0.381. The van der Waals surface area contributed by atoms with Gasteiger partial charge in [0.15, 0.2) is 5.82 Å². The summed E-state index contributed by atoms with van der Waals surface area (Å²) in [5.74, 6) is 2.07.